The molecule has 4 nitrogen and oxygen atoms in total. The Morgan fingerprint density at radius 1 is 1.64 bits per heavy atom. The van der Waals surface area contributed by atoms with Gasteiger partial charge < -0.3 is 4.98 Å². The summed E-state index contributed by atoms with van der Waals surface area (Å²) in [6.07, 6.45) is 3.28. The molecule has 0 saturated carbocycles. The first kappa shape index (κ1) is 6.15. The molecule has 2 aromatic rings. The maximum Gasteiger partial charge on any atom is 0.274 e. The molecule has 0 unspecified atom stereocenters. The van der Waals surface area contributed by atoms with Crippen LogP contribution in [0.1, 0.15) is 5.56 Å². The predicted octanol–water partition coefficient (Wildman–Crippen LogP) is 0.331. The van der Waals surface area contributed by atoms with Crippen LogP contribution in [0.3, 0.4) is 0 Å². The van der Waals surface area contributed by atoms with Crippen molar-refractivity contribution < 1.29 is 0 Å². The first-order chi connectivity index (χ1) is 5.29. The van der Waals surface area contributed by atoms with E-state index < -0.39 is 0 Å². The van der Waals surface area contributed by atoms with Gasteiger partial charge in [-0.3, -0.25) is 4.79 Å². The molecule has 0 amide bonds. The van der Waals surface area contributed by atoms with E-state index in [9.17, 15) is 4.79 Å². The van der Waals surface area contributed by atoms with Crippen LogP contribution in [0.4, 0.5) is 0 Å². The van der Waals surface area contributed by atoms with E-state index in [0.717, 1.165) is 11.2 Å². The zero-order valence-electron chi connectivity index (χ0n) is 6.03. The standard InChI is InChI=1S/C7H7N3O/c1-5-4-9-10-6(11)2-3-8-7(5)10/h2-4,8H,1H3. The first-order valence-electron chi connectivity index (χ1n) is 3.31. The Labute approximate surface area is 62.5 Å². The summed E-state index contributed by atoms with van der Waals surface area (Å²) in [5, 5.41) is 3.89. The van der Waals surface area contributed by atoms with E-state index in [-0.39, 0.29) is 5.56 Å². The zero-order valence-corrected chi connectivity index (χ0v) is 6.03. The van der Waals surface area contributed by atoms with Crippen LogP contribution in [0, 0.1) is 6.92 Å². The van der Waals surface area contributed by atoms with Gasteiger partial charge >= 0.3 is 0 Å². The Morgan fingerprint density at radius 3 is 3.18 bits per heavy atom. The largest absolute Gasteiger partial charge is 0.346 e. The fourth-order valence-corrected chi connectivity index (χ4v) is 1.03. The lowest BCUT2D eigenvalue weighted by atomic mass is 10.4. The lowest BCUT2D eigenvalue weighted by molar-refractivity contribution is 0.899. The van der Waals surface area contributed by atoms with Gasteiger partial charge in [0.15, 0.2) is 0 Å². The van der Waals surface area contributed by atoms with E-state index >= 15 is 0 Å². The topological polar surface area (TPSA) is 50.2 Å². The van der Waals surface area contributed by atoms with Crippen LogP contribution in [0.25, 0.3) is 5.65 Å². The summed E-state index contributed by atoms with van der Waals surface area (Å²) in [4.78, 5) is 14.0. The van der Waals surface area contributed by atoms with Gasteiger partial charge in [-0.2, -0.15) is 9.61 Å². The Kier molecular flexibility index (Phi) is 1.09. The number of hydrogen-bond acceptors (Lipinski definition) is 2. The third kappa shape index (κ3) is 0.756. The van der Waals surface area contributed by atoms with Crippen molar-refractivity contribution in [3.63, 3.8) is 0 Å². The Bertz CT molecular complexity index is 440. The Morgan fingerprint density at radius 2 is 2.45 bits per heavy atom. The number of aryl methyl sites for hydroxylation is 1. The first-order valence-corrected chi connectivity index (χ1v) is 3.31. The van der Waals surface area contributed by atoms with Crippen LogP contribution in [-0.2, 0) is 0 Å². The number of nitrogens with one attached hydrogen (secondary N) is 1. The van der Waals surface area contributed by atoms with E-state index in [1.54, 1.807) is 12.4 Å². The van der Waals surface area contributed by atoms with Gasteiger partial charge in [-0.05, 0) is 6.92 Å². The molecule has 0 aromatic carbocycles. The van der Waals surface area contributed by atoms with Gasteiger partial charge in [0.2, 0.25) is 0 Å². The van der Waals surface area contributed by atoms with Crippen LogP contribution in [0.15, 0.2) is 23.3 Å². The SMILES string of the molecule is Cc1cnn2c(=O)cc[nH]c12. The summed E-state index contributed by atoms with van der Waals surface area (Å²) >= 11 is 0. The van der Waals surface area contributed by atoms with Crippen molar-refractivity contribution in [3.8, 4) is 0 Å². The molecular formula is C7H7N3O. The lowest BCUT2D eigenvalue weighted by Crippen LogP contribution is -2.12. The van der Waals surface area contributed by atoms with Crippen LogP contribution in [0.2, 0.25) is 0 Å². The molecule has 0 spiro atoms. The van der Waals surface area contributed by atoms with Gasteiger partial charge in [0, 0.05) is 17.8 Å². The second kappa shape index (κ2) is 1.95. The fraction of sp³-hybridized carbons (Fsp3) is 0.143. The normalized spacial score (nSPS) is 10.6. The molecule has 0 atom stereocenters. The van der Waals surface area contributed by atoms with Crippen LogP contribution in [0.5, 0.6) is 0 Å². The van der Waals surface area contributed by atoms with Crippen molar-refractivity contribution >= 4 is 5.65 Å². The number of aromatic nitrogens is 3. The molecule has 0 radical (unpaired) electrons. The van der Waals surface area contributed by atoms with E-state index in [1.807, 2.05) is 6.92 Å². The number of rotatable bonds is 0. The van der Waals surface area contributed by atoms with Gasteiger partial charge in [-0.15, -0.1) is 0 Å². The van der Waals surface area contributed by atoms with E-state index in [2.05, 4.69) is 10.1 Å². The molecule has 0 saturated heterocycles. The van der Waals surface area contributed by atoms with Crippen molar-refractivity contribution in [2.45, 2.75) is 6.92 Å². The maximum absolute atomic E-state index is 11.1. The average Bonchev–Trinajstić information content (AvgIpc) is 2.35. The summed E-state index contributed by atoms with van der Waals surface area (Å²) in [5.41, 5.74) is 1.63. The van der Waals surface area contributed by atoms with Crippen LogP contribution in [-0.4, -0.2) is 14.6 Å². The molecule has 4 heteroatoms. The highest BCUT2D eigenvalue weighted by Crippen LogP contribution is 2.00. The maximum atomic E-state index is 11.1. The van der Waals surface area contributed by atoms with Crippen molar-refractivity contribution in [1.82, 2.24) is 14.6 Å². The molecule has 0 aliphatic rings. The Balaban J connectivity index is 3.06. The molecule has 0 bridgehead atoms. The Hall–Kier alpha value is -1.58. The summed E-state index contributed by atoms with van der Waals surface area (Å²) in [6.45, 7) is 1.90. The number of aromatic amines is 1. The molecule has 11 heavy (non-hydrogen) atoms. The van der Waals surface area contributed by atoms with Gasteiger partial charge in [-0.25, -0.2) is 0 Å². The molecule has 0 aliphatic carbocycles. The molecule has 0 fully saturated rings. The molecule has 56 valence electrons. The number of H-pyrrole nitrogens is 1. The summed E-state index contributed by atoms with van der Waals surface area (Å²) in [7, 11) is 0. The highest BCUT2D eigenvalue weighted by molar-refractivity contribution is 5.44. The van der Waals surface area contributed by atoms with Crippen LogP contribution < -0.4 is 5.56 Å². The van der Waals surface area contributed by atoms with Gasteiger partial charge in [0.1, 0.15) is 5.65 Å². The van der Waals surface area contributed by atoms with Crippen molar-refractivity contribution in [2.24, 2.45) is 0 Å². The molecular weight excluding hydrogens is 142 g/mol. The molecule has 2 aromatic heterocycles. The number of fused-ring (bicyclic) bond motifs is 1. The zero-order chi connectivity index (χ0) is 7.84. The van der Waals surface area contributed by atoms with Crippen LogP contribution >= 0.6 is 0 Å². The predicted molar refractivity (Wildman–Crippen MR) is 40.5 cm³/mol. The van der Waals surface area contributed by atoms with Gasteiger partial charge in [-0.1, -0.05) is 0 Å². The van der Waals surface area contributed by atoms with E-state index in [1.165, 1.54) is 10.6 Å². The molecule has 2 rings (SSSR count). The molecule has 0 aliphatic heterocycles. The third-order valence-electron chi connectivity index (χ3n) is 1.61. The highest BCUT2D eigenvalue weighted by Gasteiger charge is 1.99. The minimum absolute atomic E-state index is 0.105. The van der Waals surface area contributed by atoms with Gasteiger partial charge in [0.25, 0.3) is 5.56 Å². The summed E-state index contributed by atoms with van der Waals surface area (Å²) in [6, 6.07) is 1.44. The van der Waals surface area contributed by atoms with Crippen molar-refractivity contribution in [1.29, 1.82) is 0 Å². The number of nitrogens with zero attached hydrogens (tertiary/aromatic N) is 2. The average molecular weight is 149 g/mol. The fourth-order valence-electron chi connectivity index (χ4n) is 1.03. The highest BCUT2D eigenvalue weighted by atomic mass is 16.1. The minimum Gasteiger partial charge on any atom is -0.346 e. The number of hydrogen-bond donors (Lipinski definition) is 1. The van der Waals surface area contributed by atoms with Crippen molar-refractivity contribution in [3.05, 3.63) is 34.4 Å². The second-order valence-electron chi connectivity index (χ2n) is 2.40. The smallest absolute Gasteiger partial charge is 0.274 e. The quantitative estimate of drug-likeness (QED) is 0.586. The van der Waals surface area contributed by atoms with Crippen molar-refractivity contribution in [2.75, 3.05) is 0 Å². The van der Waals surface area contributed by atoms with E-state index in [0.29, 0.717) is 0 Å². The second-order valence-corrected chi connectivity index (χ2v) is 2.40. The van der Waals surface area contributed by atoms with E-state index in [4.69, 9.17) is 0 Å². The third-order valence-corrected chi connectivity index (χ3v) is 1.61. The molecule has 2 heterocycles. The molecule has 1 N–H and O–H groups in total. The summed E-state index contributed by atoms with van der Waals surface area (Å²) in [5.74, 6) is 0. The lowest BCUT2D eigenvalue weighted by Gasteiger charge is -1.89. The monoisotopic (exact) mass is 149 g/mol. The minimum atomic E-state index is -0.105. The van der Waals surface area contributed by atoms with Gasteiger partial charge in [0.05, 0.1) is 6.20 Å². The summed E-state index contributed by atoms with van der Waals surface area (Å²) < 4.78 is 1.34.